The van der Waals surface area contributed by atoms with Crippen molar-refractivity contribution in [2.75, 3.05) is 33.4 Å². The molecule has 0 aliphatic carbocycles. The summed E-state index contributed by atoms with van der Waals surface area (Å²) in [6.07, 6.45) is 2.52. The molecule has 2 heterocycles. The lowest BCUT2D eigenvalue weighted by Crippen LogP contribution is -2.41. The molecule has 18 heavy (non-hydrogen) atoms. The number of ether oxygens (including phenoxy) is 1. The third kappa shape index (κ3) is 3.54. The van der Waals surface area contributed by atoms with E-state index in [0.29, 0.717) is 18.5 Å². The standard InChI is InChI=1S/C13H21BrN2OS/c1-17-9-10-3-2-6-16(8-10)11(7-15)12-4-5-13(14)18-12/h4-5,10-11H,2-3,6-9,15H2,1H3. The first-order chi connectivity index (χ1) is 8.74. The Morgan fingerprint density at radius 2 is 2.44 bits per heavy atom. The lowest BCUT2D eigenvalue weighted by molar-refractivity contribution is 0.0705. The van der Waals surface area contributed by atoms with Crippen LogP contribution in [0.5, 0.6) is 0 Å². The second-order valence-electron chi connectivity index (χ2n) is 4.85. The van der Waals surface area contributed by atoms with Gasteiger partial charge in [0.1, 0.15) is 0 Å². The second-order valence-corrected chi connectivity index (χ2v) is 7.35. The minimum Gasteiger partial charge on any atom is -0.384 e. The van der Waals surface area contributed by atoms with E-state index in [1.165, 1.54) is 21.5 Å². The Bertz CT molecular complexity index is 370. The Kier molecular flexibility index (Phi) is 5.63. The molecule has 1 aliphatic rings. The number of rotatable bonds is 5. The van der Waals surface area contributed by atoms with Gasteiger partial charge in [-0.05, 0) is 53.4 Å². The van der Waals surface area contributed by atoms with E-state index in [0.717, 1.165) is 19.7 Å². The van der Waals surface area contributed by atoms with Crippen molar-refractivity contribution in [3.63, 3.8) is 0 Å². The summed E-state index contributed by atoms with van der Waals surface area (Å²) in [6.45, 7) is 3.80. The van der Waals surface area contributed by atoms with Gasteiger partial charge in [0.15, 0.2) is 0 Å². The van der Waals surface area contributed by atoms with Crippen molar-refractivity contribution >= 4 is 27.3 Å². The van der Waals surface area contributed by atoms with Crippen LogP contribution in [-0.4, -0.2) is 38.3 Å². The van der Waals surface area contributed by atoms with Crippen LogP contribution in [0.25, 0.3) is 0 Å². The van der Waals surface area contributed by atoms with Crippen LogP contribution < -0.4 is 5.73 Å². The van der Waals surface area contributed by atoms with Gasteiger partial charge in [0, 0.05) is 25.1 Å². The molecule has 5 heteroatoms. The van der Waals surface area contributed by atoms with Crippen LogP contribution in [0, 0.1) is 5.92 Å². The van der Waals surface area contributed by atoms with E-state index in [4.69, 9.17) is 10.5 Å². The Hall–Kier alpha value is 0.0600. The van der Waals surface area contributed by atoms with Gasteiger partial charge in [-0.25, -0.2) is 0 Å². The van der Waals surface area contributed by atoms with Gasteiger partial charge >= 0.3 is 0 Å². The van der Waals surface area contributed by atoms with Crippen molar-refractivity contribution in [2.45, 2.75) is 18.9 Å². The van der Waals surface area contributed by atoms with E-state index >= 15 is 0 Å². The average molecular weight is 333 g/mol. The molecule has 1 saturated heterocycles. The molecule has 2 rings (SSSR count). The lowest BCUT2D eigenvalue weighted by atomic mass is 9.97. The minimum absolute atomic E-state index is 0.362. The zero-order valence-corrected chi connectivity index (χ0v) is 13.2. The van der Waals surface area contributed by atoms with Crippen LogP contribution in [-0.2, 0) is 4.74 Å². The van der Waals surface area contributed by atoms with Crippen molar-refractivity contribution in [3.05, 3.63) is 20.8 Å². The van der Waals surface area contributed by atoms with E-state index in [2.05, 4.69) is 33.0 Å². The topological polar surface area (TPSA) is 38.5 Å². The molecule has 1 fully saturated rings. The first-order valence-corrected chi connectivity index (χ1v) is 8.03. The Morgan fingerprint density at radius 1 is 1.61 bits per heavy atom. The first kappa shape index (κ1) is 14.5. The fourth-order valence-electron chi connectivity index (χ4n) is 2.70. The number of piperidine rings is 1. The molecule has 0 saturated carbocycles. The predicted octanol–water partition coefficient (Wildman–Crippen LogP) is 2.87. The maximum absolute atomic E-state index is 5.98. The molecule has 1 aliphatic heterocycles. The number of hydrogen-bond acceptors (Lipinski definition) is 4. The number of halogens is 1. The van der Waals surface area contributed by atoms with Crippen molar-refractivity contribution in [1.29, 1.82) is 0 Å². The SMILES string of the molecule is COCC1CCCN(C(CN)c2ccc(Br)s2)C1. The largest absolute Gasteiger partial charge is 0.384 e. The second kappa shape index (κ2) is 7.01. The van der Waals surface area contributed by atoms with E-state index in [-0.39, 0.29) is 0 Å². The third-order valence-corrected chi connectivity index (χ3v) is 5.26. The number of nitrogens with zero attached hydrogens (tertiary/aromatic N) is 1. The normalized spacial score (nSPS) is 23.2. The van der Waals surface area contributed by atoms with Crippen molar-refractivity contribution in [3.8, 4) is 0 Å². The highest BCUT2D eigenvalue weighted by molar-refractivity contribution is 9.11. The summed E-state index contributed by atoms with van der Waals surface area (Å²) in [4.78, 5) is 3.88. The molecule has 2 unspecified atom stereocenters. The summed E-state index contributed by atoms with van der Waals surface area (Å²) in [6, 6.07) is 4.66. The van der Waals surface area contributed by atoms with Gasteiger partial charge in [0.25, 0.3) is 0 Å². The highest BCUT2D eigenvalue weighted by atomic mass is 79.9. The first-order valence-electron chi connectivity index (χ1n) is 6.43. The van der Waals surface area contributed by atoms with Gasteiger partial charge in [-0.15, -0.1) is 11.3 Å². The summed E-state index contributed by atoms with van der Waals surface area (Å²) in [5.41, 5.74) is 5.98. The van der Waals surface area contributed by atoms with Crippen LogP contribution in [0.4, 0.5) is 0 Å². The molecule has 0 spiro atoms. The van der Waals surface area contributed by atoms with E-state index < -0.39 is 0 Å². The zero-order chi connectivity index (χ0) is 13.0. The van der Waals surface area contributed by atoms with Crippen molar-refractivity contribution < 1.29 is 4.74 Å². The van der Waals surface area contributed by atoms with E-state index in [1.54, 1.807) is 18.4 Å². The quantitative estimate of drug-likeness (QED) is 0.900. The highest BCUT2D eigenvalue weighted by Crippen LogP contribution is 2.32. The van der Waals surface area contributed by atoms with Crippen molar-refractivity contribution in [2.24, 2.45) is 11.7 Å². The van der Waals surface area contributed by atoms with Gasteiger partial charge in [0.2, 0.25) is 0 Å². The fourth-order valence-corrected chi connectivity index (χ4v) is 4.28. The molecule has 2 atom stereocenters. The molecule has 2 N–H and O–H groups in total. The molecule has 102 valence electrons. The maximum atomic E-state index is 5.98. The van der Waals surface area contributed by atoms with Gasteiger partial charge in [0.05, 0.1) is 16.4 Å². The number of nitrogens with two attached hydrogens (primary N) is 1. The predicted molar refractivity (Wildman–Crippen MR) is 80.0 cm³/mol. The number of hydrogen-bond donors (Lipinski definition) is 1. The summed E-state index contributed by atoms with van der Waals surface area (Å²) in [5.74, 6) is 0.654. The summed E-state index contributed by atoms with van der Waals surface area (Å²) in [5, 5.41) is 0. The monoisotopic (exact) mass is 332 g/mol. The molecule has 0 aromatic carbocycles. The van der Waals surface area contributed by atoms with Gasteiger partial charge < -0.3 is 10.5 Å². The summed E-state index contributed by atoms with van der Waals surface area (Å²) < 4.78 is 6.47. The number of thiophene rings is 1. The highest BCUT2D eigenvalue weighted by Gasteiger charge is 2.26. The summed E-state index contributed by atoms with van der Waals surface area (Å²) >= 11 is 5.32. The zero-order valence-electron chi connectivity index (χ0n) is 10.8. The molecule has 0 amide bonds. The Morgan fingerprint density at radius 3 is 3.06 bits per heavy atom. The molecule has 1 aromatic rings. The van der Waals surface area contributed by atoms with Gasteiger partial charge in [-0.3, -0.25) is 4.90 Å². The van der Waals surface area contributed by atoms with Crippen LogP contribution >= 0.6 is 27.3 Å². The van der Waals surface area contributed by atoms with Gasteiger partial charge in [-0.1, -0.05) is 0 Å². The Balaban J connectivity index is 2.03. The molecule has 3 nitrogen and oxygen atoms in total. The van der Waals surface area contributed by atoms with E-state index in [9.17, 15) is 0 Å². The van der Waals surface area contributed by atoms with Gasteiger partial charge in [-0.2, -0.15) is 0 Å². The Labute approximate surface area is 121 Å². The average Bonchev–Trinajstić information content (AvgIpc) is 2.78. The van der Waals surface area contributed by atoms with Crippen molar-refractivity contribution in [1.82, 2.24) is 4.90 Å². The molecule has 0 radical (unpaired) electrons. The van der Waals surface area contributed by atoms with E-state index in [1.807, 2.05) is 0 Å². The maximum Gasteiger partial charge on any atom is 0.0702 e. The van der Waals surface area contributed by atoms with Crippen LogP contribution in [0.15, 0.2) is 15.9 Å². The smallest absolute Gasteiger partial charge is 0.0702 e. The molecule has 0 bridgehead atoms. The van der Waals surface area contributed by atoms with Crippen LogP contribution in [0.2, 0.25) is 0 Å². The lowest BCUT2D eigenvalue weighted by Gasteiger charge is -2.37. The molecular weight excluding hydrogens is 312 g/mol. The molecule has 1 aromatic heterocycles. The molecular formula is C13H21BrN2OS. The summed E-state index contributed by atoms with van der Waals surface area (Å²) in [7, 11) is 1.79. The number of methoxy groups -OCH3 is 1. The third-order valence-electron chi connectivity index (χ3n) is 3.54. The van der Waals surface area contributed by atoms with Crippen LogP contribution in [0.3, 0.4) is 0 Å². The minimum atomic E-state index is 0.362. The van der Waals surface area contributed by atoms with Crippen LogP contribution in [0.1, 0.15) is 23.8 Å². The fraction of sp³-hybridized carbons (Fsp3) is 0.692. The number of likely N-dealkylation sites (tertiary alicyclic amines) is 1.